The first-order valence-corrected chi connectivity index (χ1v) is 7.75. The van der Waals surface area contributed by atoms with Gasteiger partial charge in [0, 0.05) is 0 Å². The monoisotopic (exact) mass is 235 g/mol. The molecule has 0 bridgehead atoms. The third kappa shape index (κ3) is 4.84. The molecule has 46 valence electrons. The fourth-order valence-corrected chi connectivity index (χ4v) is 2.37. The third-order valence-electron chi connectivity index (χ3n) is 0.735. The molecule has 0 aliphatic heterocycles. The van der Waals surface area contributed by atoms with Gasteiger partial charge in [-0.2, -0.15) is 0 Å². The molecule has 0 heterocycles. The molecule has 0 fully saturated rings. The molecule has 0 spiro atoms. The SMILES string of the molecule is CCI(C)CNCl. The molecule has 0 atom stereocenters. The van der Waals surface area contributed by atoms with Crippen LogP contribution in [0.25, 0.3) is 0 Å². The van der Waals surface area contributed by atoms with Crippen molar-refractivity contribution in [2.75, 3.05) is 13.9 Å². The van der Waals surface area contributed by atoms with Crippen LogP contribution in [-0.4, -0.2) is 13.9 Å². The normalized spacial score (nSPS) is 11.6. The van der Waals surface area contributed by atoms with E-state index in [1.54, 1.807) is 0 Å². The predicted molar refractivity (Wildman–Crippen MR) is 44.3 cm³/mol. The molecule has 0 amide bonds. The van der Waals surface area contributed by atoms with Crippen LogP contribution in [0, 0.1) is 0 Å². The van der Waals surface area contributed by atoms with Gasteiger partial charge in [-0.3, -0.25) is 0 Å². The standard InChI is InChI=1S/C4H11ClIN/c1-3-6(2)4-7-5/h7H,3-4H2,1-2H3. The molecule has 0 radical (unpaired) electrons. The van der Waals surface area contributed by atoms with Crippen molar-refractivity contribution in [1.82, 2.24) is 4.84 Å². The molecule has 0 aromatic carbocycles. The van der Waals surface area contributed by atoms with Gasteiger partial charge in [0.25, 0.3) is 0 Å². The average molecular weight is 235 g/mol. The molecule has 0 saturated carbocycles. The van der Waals surface area contributed by atoms with Crippen molar-refractivity contribution in [3.63, 3.8) is 0 Å². The Bertz CT molecular complexity index is 42.7. The molecule has 1 N–H and O–H groups in total. The topological polar surface area (TPSA) is 12.0 Å². The Labute approximate surface area is 57.3 Å². The van der Waals surface area contributed by atoms with Crippen LogP contribution in [-0.2, 0) is 0 Å². The van der Waals surface area contributed by atoms with Gasteiger partial charge in [-0.05, 0) is 0 Å². The zero-order valence-electron chi connectivity index (χ0n) is 4.67. The Morgan fingerprint density at radius 3 is 2.43 bits per heavy atom. The van der Waals surface area contributed by atoms with Crippen LogP contribution in [0.5, 0.6) is 0 Å². The predicted octanol–water partition coefficient (Wildman–Crippen LogP) is 1.84. The Balaban J connectivity index is 2.83. The van der Waals surface area contributed by atoms with Gasteiger partial charge in [0.2, 0.25) is 0 Å². The van der Waals surface area contributed by atoms with E-state index in [9.17, 15) is 0 Å². The summed E-state index contributed by atoms with van der Waals surface area (Å²) in [7, 11) is 0. The van der Waals surface area contributed by atoms with Gasteiger partial charge >= 0.3 is 57.3 Å². The summed E-state index contributed by atoms with van der Waals surface area (Å²) in [5, 5.41) is 0. The van der Waals surface area contributed by atoms with E-state index in [-0.39, 0.29) is 0 Å². The van der Waals surface area contributed by atoms with Crippen molar-refractivity contribution in [2.45, 2.75) is 6.92 Å². The second-order valence-corrected chi connectivity index (χ2v) is 7.94. The second-order valence-electron chi connectivity index (χ2n) is 1.26. The van der Waals surface area contributed by atoms with Crippen LogP contribution < -0.4 is 4.84 Å². The van der Waals surface area contributed by atoms with Gasteiger partial charge < -0.3 is 0 Å². The Morgan fingerprint density at radius 1 is 1.71 bits per heavy atom. The fourth-order valence-electron chi connectivity index (χ4n) is 0.181. The van der Waals surface area contributed by atoms with E-state index in [4.69, 9.17) is 11.8 Å². The molecule has 0 aromatic heterocycles. The Morgan fingerprint density at radius 2 is 2.29 bits per heavy atom. The molecule has 1 nitrogen and oxygen atoms in total. The van der Waals surface area contributed by atoms with Crippen LogP contribution in [0.4, 0.5) is 0 Å². The minimum absolute atomic E-state index is 0.569. The molecule has 0 unspecified atom stereocenters. The molecule has 0 aromatic rings. The van der Waals surface area contributed by atoms with E-state index in [1.807, 2.05) is 0 Å². The van der Waals surface area contributed by atoms with Crippen LogP contribution in [0.2, 0.25) is 0 Å². The van der Waals surface area contributed by atoms with E-state index in [0.717, 1.165) is 4.55 Å². The quantitative estimate of drug-likeness (QED) is 0.341. The zero-order valence-corrected chi connectivity index (χ0v) is 7.58. The fraction of sp³-hybridized carbons (Fsp3) is 1.00. The summed E-state index contributed by atoms with van der Waals surface area (Å²) in [5.74, 6) is 0. The first-order chi connectivity index (χ1) is 3.31. The Kier molecular flexibility index (Phi) is 5.84. The number of hydrogen-bond acceptors (Lipinski definition) is 1. The summed E-state index contributed by atoms with van der Waals surface area (Å²) < 4.78 is 2.42. The van der Waals surface area contributed by atoms with Crippen molar-refractivity contribution in [2.24, 2.45) is 0 Å². The van der Waals surface area contributed by atoms with E-state index < -0.39 is 19.8 Å². The number of alkyl halides is 3. The van der Waals surface area contributed by atoms with Crippen LogP contribution in [0.15, 0.2) is 0 Å². The van der Waals surface area contributed by atoms with E-state index >= 15 is 0 Å². The Hall–Kier alpha value is 0.980. The van der Waals surface area contributed by atoms with Crippen LogP contribution in [0.1, 0.15) is 6.92 Å². The van der Waals surface area contributed by atoms with Gasteiger partial charge in [0.1, 0.15) is 0 Å². The summed E-state index contributed by atoms with van der Waals surface area (Å²) in [6.07, 6.45) is 0. The van der Waals surface area contributed by atoms with Crippen molar-refractivity contribution in [3.05, 3.63) is 0 Å². The van der Waals surface area contributed by atoms with Crippen molar-refractivity contribution in [1.29, 1.82) is 0 Å². The molecule has 0 saturated heterocycles. The minimum atomic E-state index is -0.569. The first kappa shape index (κ1) is 7.98. The summed E-state index contributed by atoms with van der Waals surface area (Å²) in [6, 6.07) is 0. The molecule has 0 rings (SSSR count). The molecular formula is C4H11ClIN. The first-order valence-electron chi connectivity index (χ1n) is 2.16. The van der Waals surface area contributed by atoms with E-state index in [2.05, 4.69) is 16.7 Å². The molecule has 0 aliphatic carbocycles. The van der Waals surface area contributed by atoms with Gasteiger partial charge in [-0.15, -0.1) is 0 Å². The summed E-state index contributed by atoms with van der Waals surface area (Å²) in [5.41, 5.74) is 0. The third-order valence-corrected chi connectivity index (χ3v) is 5.61. The van der Waals surface area contributed by atoms with Gasteiger partial charge in [0.05, 0.1) is 0 Å². The number of hydrogen-bond donors (Lipinski definition) is 1. The molecular weight excluding hydrogens is 224 g/mol. The van der Waals surface area contributed by atoms with Crippen molar-refractivity contribution in [3.8, 4) is 0 Å². The van der Waals surface area contributed by atoms with Crippen LogP contribution >= 0.6 is 31.6 Å². The maximum atomic E-state index is 5.26. The van der Waals surface area contributed by atoms with E-state index in [1.165, 1.54) is 4.43 Å². The van der Waals surface area contributed by atoms with Crippen LogP contribution in [0.3, 0.4) is 0 Å². The number of halogens is 2. The molecule has 3 heteroatoms. The zero-order chi connectivity index (χ0) is 5.70. The van der Waals surface area contributed by atoms with Gasteiger partial charge in [-0.1, -0.05) is 0 Å². The number of rotatable bonds is 3. The van der Waals surface area contributed by atoms with E-state index in [0.29, 0.717) is 0 Å². The second kappa shape index (κ2) is 5.12. The summed E-state index contributed by atoms with van der Waals surface area (Å²) in [4.78, 5) is 4.98. The van der Waals surface area contributed by atoms with Gasteiger partial charge in [0.15, 0.2) is 0 Å². The maximum absolute atomic E-state index is 5.26. The molecule has 7 heavy (non-hydrogen) atoms. The summed E-state index contributed by atoms with van der Waals surface area (Å²) in [6.45, 7) is 2.22. The van der Waals surface area contributed by atoms with Crippen molar-refractivity contribution < 1.29 is 0 Å². The number of nitrogens with one attached hydrogen (secondary N) is 1. The summed E-state index contributed by atoms with van der Waals surface area (Å²) >= 11 is 4.70. The van der Waals surface area contributed by atoms with Crippen molar-refractivity contribution >= 4 is 31.6 Å². The van der Waals surface area contributed by atoms with Gasteiger partial charge in [-0.25, -0.2) is 0 Å². The average Bonchev–Trinajstić information content (AvgIpc) is 1.68. The molecule has 0 aliphatic rings.